The summed E-state index contributed by atoms with van der Waals surface area (Å²) in [5.41, 5.74) is 1.71. The van der Waals surface area contributed by atoms with Gasteiger partial charge in [0.2, 0.25) is 11.8 Å². The highest BCUT2D eigenvalue weighted by molar-refractivity contribution is 6.30. The first-order valence-electron chi connectivity index (χ1n) is 7.41. The van der Waals surface area contributed by atoms with Gasteiger partial charge in [-0.1, -0.05) is 23.7 Å². The summed E-state index contributed by atoms with van der Waals surface area (Å²) in [6.45, 7) is 0.894. The van der Waals surface area contributed by atoms with Crippen LogP contribution in [0.25, 0.3) is 11.1 Å². The zero-order valence-corrected chi connectivity index (χ0v) is 12.7. The molecule has 3 aromatic rings. The van der Waals surface area contributed by atoms with Crippen LogP contribution >= 0.6 is 11.6 Å². The van der Waals surface area contributed by atoms with E-state index < -0.39 is 0 Å². The number of fused-ring (bicyclic) bond motifs is 1. The van der Waals surface area contributed by atoms with Crippen LogP contribution in [0.3, 0.4) is 0 Å². The van der Waals surface area contributed by atoms with Crippen molar-refractivity contribution in [3.05, 3.63) is 47.6 Å². The van der Waals surface area contributed by atoms with Gasteiger partial charge in [-0.2, -0.15) is 0 Å². The van der Waals surface area contributed by atoms with E-state index in [-0.39, 0.29) is 6.04 Å². The molecule has 1 aromatic carbocycles. The molecule has 1 saturated heterocycles. The number of benzene rings is 1. The Kier molecular flexibility index (Phi) is 3.42. The van der Waals surface area contributed by atoms with Gasteiger partial charge in [-0.3, -0.25) is 0 Å². The van der Waals surface area contributed by atoms with Gasteiger partial charge < -0.3 is 9.32 Å². The summed E-state index contributed by atoms with van der Waals surface area (Å²) >= 11 is 5.88. The number of hydrogen-bond acceptors (Lipinski definition) is 5. The highest BCUT2D eigenvalue weighted by Gasteiger charge is 2.29. The Labute approximate surface area is 133 Å². The minimum atomic E-state index is 0.0716. The molecule has 1 aliphatic rings. The summed E-state index contributed by atoms with van der Waals surface area (Å²) in [6, 6.07) is 7.90. The van der Waals surface area contributed by atoms with Crippen LogP contribution in [0.4, 0.5) is 5.95 Å². The van der Waals surface area contributed by atoms with Gasteiger partial charge in [0.15, 0.2) is 5.58 Å². The third kappa shape index (κ3) is 2.41. The predicted octanol–water partition coefficient (Wildman–Crippen LogP) is 4.00. The summed E-state index contributed by atoms with van der Waals surface area (Å²) in [7, 11) is 0. The number of aromatic nitrogens is 3. The second-order valence-electron chi connectivity index (χ2n) is 5.43. The molecule has 4 rings (SSSR count). The molecular weight excluding hydrogens is 300 g/mol. The van der Waals surface area contributed by atoms with E-state index >= 15 is 0 Å². The molecule has 0 spiro atoms. The Bertz CT molecular complexity index is 753. The third-order valence-electron chi connectivity index (χ3n) is 3.96. The highest BCUT2D eigenvalue weighted by atomic mass is 35.5. The minimum absolute atomic E-state index is 0.0716. The van der Waals surface area contributed by atoms with Gasteiger partial charge >= 0.3 is 0 Å². The van der Waals surface area contributed by atoms with Gasteiger partial charge in [0, 0.05) is 6.54 Å². The van der Waals surface area contributed by atoms with Crippen LogP contribution in [0.15, 0.2) is 41.1 Å². The summed E-state index contributed by atoms with van der Waals surface area (Å²) in [6.07, 6.45) is 6.50. The van der Waals surface area contributed by atoms with E-state index in [0.717, 1.165) is 42.8 Å². The molecule has 3 heterocycles. The third-order valence-corrected chi connectivity index (χ3v) is 4.16. The zero-order valence-electron chi connectivity index (χ0n) is 11.9. The van der Waals surface area contributed by atoms with E-state index in [1.807, 2.05) is 24.3 Å². The van der Waals surface area contributed by atoms with Crippen molar-refractivity contribution >= 4 is 28.6 Å². The monoisotopic (exact) mass is 314 g/mol. The molecule has 1 fully saturated rings. The Morgan fingerprint density at radius 1 is 1.14 bits per heavy atom. The van der Waals surface area contributed by atoms with Gasteiger partial charge in [0.25, 0.3) is 0 Å². The Balaban J connectivity index is 1.72. The molecule has 2 aromatic heterocycles. The molecule has 6 heteroatoms. The van der Waals surface area contributed by atoms with E-state index in [2.05, 4.69) is 19.9 Å². The van der Waals surface area contributed by atoms with Crippen molar-refractivity contribution in [2.24, 2.45) is 0 Å². The second kappa shape index (κ2) is 5.57. The standard InChI is InChI=1S/C16H15ClN4O/c17-11-9-18-16(19-10-11)21-8-4-3-6-13(21)15-20-12-5-1-2-7-14(12)22-15/h1-2,5,7,9-10,13H,3-4,6,8H2. The first kappa shape index (κ1) is 13.5. The Morgan fingerprint density at radius 2 is 1.95 bits per heavy atom. The van der Waals surface area contributed by atoms with Gasteiger partial charge in [0.05, 0.1) is 17.4 Å². The molecule has 1 aliphatic heterocycles. The van der Waals surface area contributed by atoms with Crippen LogP contribution in [0, 0.1) is 0 Å². The fourth-order valence-corrected chi connectivity index (χ4v) is 3.01. The molecule has 112 valence electrons. The number of rotatable bonds is 2. The predicted molar refractivity (Wildman–Crippen MR) is 85.0 cm³/mol. The summed E-state index contributed by atoms with van der Waals surface area (Å²) in [4.78, 5) is 15.5. The molecule has 1 atom stereocenters. The summed E-state index contributed by atoms with van der Waals surface area (Å²) < 4.78 is 5.95. The van der Waals surface area contributed by atoms with Crippen molar-refractivity contribution in [2.75, 3.05) is 11.4 Å². The number of nitrogens with zero attached hydrogens (tertiary/aromatic N) is 4. The van der Waals surface area contributed by atoms with Crippen LogP contribution < -0.4 is 4.90 Å². The number of oxazole rings is 1. The van der Waals surface area contributed by atoms with Crippen LogP contribution in [0.2, 0.25) is 5.02 Å². The number of piperidine rings is 1. The van der Waals surface area contributed by atoms with Crippen molar-refractivity contribution in [1.29, 1.82) is 0 Å². The number of hydrogen-bond donors (Lipinski definition) is 0. The molecule has 0 saturated carbocycles. The van der Waals surface area contributed by atoms with E-state index in [4.69, 9.17) is 16.0 Å². The lowest BCUT2D eigenvalue weighted by Crippen LogP contribution is -2.34. The van der Waals surface area contributed by atoms with E-state index in [0.29, 0.717) is 11.0 Å². The fraction of sp³-hybridized carbons (Fsp3) is 0.312. The van der Waals surface area contributed by atoms with Crippen molar-refractivity contribution in [1.82, 2.24) is 15.0 Å². The van der Waals surface area contributed by atoms with Gasteiger partial charge in [-0.25, -0.2) is 15.0 Å². The van der Waals surface area contributed by atoms with Gasteiger partial charge in [-0.15, -0.1) is 0 Å². The van der Waals surface area contributed by atoms with Gasteiger partial charge in [-0.05, 0) is 31.4 Å². The smallest absolute Gasteiger partial charge is 0.226 e. The van der Waals surface area contributed by atoms with E-state index in [9.17, 15) is 0 Å². The molecule has 0 amide bonds. The first-order chi connectivity index (χ1) is 10.8. The van der Waals surface area contributed by atoms with Crippen molar-refractivity contribution in [2.45, 2.75) is 25.3 Å². The maximum Gasteiger partial charge on any atom is 0.226 e. The molecule has 0 aliphatic carbocycles. The van der Waals surface area contributed by atoms with Gasteiger partial charge in [0.1, 0.15) is 11.6 Å². The topological polar surface area (TPSA) is 55.1 Å². The molecule has 1 unspecified atom stereocenters. The lowest BCUT2D eigenvalue weighted by molar-refractivity contribution is 0.387. The second-order valence-corrected chi connectivity index (χ2v) is 5.86. The zero-order chi connectivity index (χ0) is 14.9. The quantitative estimate of drug-likeness (QED) is 0.715. The normalized spacial score (nSPS) is 18.8. The van der Waals surface area contributed by atoms with Crippen molar-refractivity contribution < 1.29 is 4.42 Å². The Morgan fingerprint density at radius 3 is 2.77 bits per heavy atom. The molecule has 0 radical (unpaired) electrons. The Hall–Kier alpha value is -2.14. The number of halogens is 1. The largest absolute Gasteiger partial charge is 0.438 e. The lowest BCUT2D eigenvalue weighted by atomic mass is 10.0. The first-order valence-corrected chi connectivity index (χ1v) is 7.79. The van der Waals surface area contributed by atoms with Crippen LogP contribution in [-0.2, 0) is 0 Å². The van der Waals surface area contributed by atoms with Crippen LogP contribution in [0.1, 0.15) is 31.2 Å². The number of anilines is 1. The minimum Gasteiger partial charge on any atom is -0.438 e. The van der Waals surface area contributed by atoms with Crippen molar-refractivity contribution in [3.8, 4) is 0 Å². The highest BCUT2D eigenvalue weighted by Crippen LogP contribution is 2.34. The summed E-state index contributed by atoms with van der Waals surface area (Å²) in [5, 5.41) is 0.541. The number of para-hydroxylation sites is 2. The SMILES string of the molecule is Clc1cnc(N2CCCCC2c2nc3ccccc3o2)nc1. The average molecular weight is 315 g/mol. The molecule has 0 N–H and O–H groups in total. The van der Waals surface area contributed by atoms with Crippen LogP contribution in [0.5, 0.6) is 0 Å². The maximum atomic E-state index is 5.95. The average Bonchev–Trinajstić information content (AvgIpc) is 2.99. The molecular formula is C16H15ClN4O. The molecule has 0 bridgehead atoms. The van der Waals surface area contributed by atoms with Crippen molar-refractivity contribution in [3.63, 3.8) is 0 Å². The fourth-order valence-electron chi connectivity index (χ4n) is 2.91. The molecule has 22 heavy (non-hydrogen) atoms. The van der Waals surface area contributed by atoms with E-state index in [1.165, 1.54) is 0 Å². The molecule has 5 nitrogen and oxygen atoms in total. The summed E-state index contributed by atoms with van der Waals surface area (Å²) in [5.74, 6) is 1.41. The maximum absolute atomic E-state index is 5.95. The van der Waals surface area contributed by atoms with Crippen LogP contribution in [-0.4, -0.2) is 21.5 Å². The van der Waals surface area contributed by atoms with E-state index in [1.54, 1.807) is 12.4 Å². The lowest BCUT2D eigenvalue weighted by Gasteiger charge is -2.33.